The van der Waals surface area contributed by atoms with Crippen molar-refractivity contribution in [2.45, 2.75) is 13.5 Å². The van der Waals surface area contributed by atoms with Gasteiger partial charge in [-0.2, -0.15) is 0 Å². The monoisotopic (exact) mass is 371 g/mol. The van der Waals surface area contributed by atoms with Gasteiger partial charge in [0.1, 0.15) is 5.69 Å². The number of aryl methyl sites for hydroxylation is 1. The first-order valence-corrected chi connectivity index (χ1v) is 7.82. The molecule has 0 bridgehead atoms. The molecule has 2 aromatic carbocycles. The summed E-state index contributed by atoms with van der Waals surface area (Å²) < 4.78 is 2.61. The van der Waals surface area contributed by atoms with Crippen molar-refractivity contribution in [3.8, 4) is 11.3 Å². The maximum absolute atomic E-state index is 11.5. The van der Waals surface area contributed by atoms with Gasteiger partial charge in [0.25, 0.3) is 0 Å². The quantitative estimate of drug-likeness (QED) is 0.757. The molecule has 3 aromatic rings. The molecule has 0 amide bonds. The van der Waals surface area contributed by atoms with Crippen LogP contribution in [0.4, 0.5) is 0 Å². The van der Waals surface area contributed by atoms with Crippen LogP contribution in [-0.2, 0) is 6.54 Å². The SMILES string of the molecule is Cc1ccc(-c2c(C(=O)O)nnn2Cc2ccc(Br)cc2)cc1. The Bertz CT molecular complexity index is 839. The molecule has 0 aliphatic heterocycles. The summed E-state index contributed by atoms with van der Waals surface area (Å²) in [6.07, 6.45) is 0. The molecule has 0 aliphatic carbocycles. The van der Waals surface area contributed by atoms with E-state index in [9.17, 15) is 9.90 Å². The van der Waals surface area contributed by atoms with Crippen LogP contribution in [0.2, 0.25) is 0 Å². The Labute approximate surface area is 141 Å². The largest absolute Gasteiger partial charge is 0.476 e. The molecule has 1 aromatic heterocycles. The van der Waals surface area contributed by atoms with Gasteiger partial charge < -0.3 is 5.11 Å². The van der Waals surface area contributed by atoms with Crippen LogP contribution in [0.3, 0.4) is 0 Å². The third-order valence-corrected chi connectivity index (χ3v) is 4.04. The highest BCUT2D eigenvalue weighted by Crippen LogP contribution is 2.24. The summed E-state index contributed by atoms with van der Waals surface area (Å²) in [5.41, 5.74) is 3.39. The molecule has 0 fully saturated rings. The maximum Gasteiger partial charge on any atom is 0.358 e. The number of benzene rings is 2. The summed E-state index contributed by atoms with van der Waals surface area (Å²) >= 11 is 3.40. The highest BCUT2D eigenvalue weighted by Gasteiger charge is 2.20. The topological polar surface area (TPSA) is 68.0 Å². The Morgan fingerprint density at radius 2 is 1.78 bits per heavy atom. The van der Waals surface area contributed by atoms with Crippen molar-refractivity contribution in [3.63, 3.8) is 0 Å². The third kappa shape index (κ3) is 3.32. The predicted octanol–water partition coefficient (Wildman–Crippen LogP) is 3.76. The number of rotatable bonds is 4. The molecular formula is C17H14BrN3O2. The van der Waals surface area contributed by atoms with Crippen LogP contribution in [0.1, 0.15) is 21.6 Å². The molecule has 1 N–H and O–H groups in total. The molecule has 0 unspecified atom stereocenters. The van der Waals surface area contributed by atoms with Crippen molar-refractivity contribution >= 4 is 21.9 Å². The fourth-order valence-corrected chi connectivity index (χ4v) is 2.59. The van der Waals surface area contributed by atoms with Crippen LogP contribution >= 0.6 is 15.9 Å². The van der Waals surface area contributed by atoms with Gasteiger partial charge in [0.05, 0.1) is 6.54 Å². The number of nitrogens with zero attached hydrogens (tertiary/aromatic N) is 3. The van der Waals surface area contributed by atoms with E-state index < -0.39 is 5.97 Å². The minimum atomic E-state index is -1.08. The molecule has 0 saturated carbocycles. The number of hydrogen-bond donors (Lipinski definition) is 1. The summed E-state index contributed by atoms with van der Waals surface area (Å²) in [5.74, 6) is -1.08. The molecule has 5 nitrogen and oxygen atoms in total. The highest BCUT2D eigenvalue weighted by molar-refractivity contribution is 9.10. The molecule has 6 heteroatoms. The number of hydrogen-bond acceptors (Lipinski definition) is 3. The van der Waals surface area contributed by atoms with Crippen LogP contribution in [0.5, 0.6) is 0 Å². The van der Waals surface area contributed by atoms with E-state index in [-0.39, 0.29) is 5.69 Å². The first-order valence-electron chi connectivity index (χ1n) is 7.03. The van der Waals surface area contributed by atoms with E-state index in [0.717, 1.165) is 21.2 Å². The van der Waals surface area contributed by atoms with Gasteiger partial charge in [0.2, 0.25) is 0 Å². The lowest BCUT2D eigenvalue weighted by atomic mass is 10.1. The van der Waals surface area contributed by atoms with E-state index in [0.29, 0.717) is 12.2 Å². The van der Waals surface area contributed by atoms with Gasteiger partial charge in [-0.25, -0.2) is 9.48 Å². The summed E-state index contributed by atoms with van der Waals surface area (Å²) in [6, 6.07) is 15.5. The zero-order chi connectivity index (χ0) is 16.4. The van der Waals surface area contributed by atoms with Crippen LogP contribution < -0.4 is 0 Å². The van der Waals surface area contributed by atoms with Gasteiger partial charge in [0, 0.05) is 10.0 Å². The number of aromatic nitrogens is 3. The molecular weight excluding hydrogens is 358 g/mol. The lowest BCUT2D eigenvalue weighted by molar-refractivity contribution is 0.0691. The molecule has 0 spiro atoms. The van der Waals surface area contributed by atoms with Gasteiger partial charge in [-0.3, -0.25) is 0 Å². The fourth-order valence-electron chi connectivity index (χ4n) is 2.33. The Morgan fingerprint density at radius 3 is 2.39 bits per heavy atom. The number of carbonyl (C=O) groups is 1. The van der Waals surface area contributed by atoms with Gasteiger partial charge in [-0.05, 0) is 24.6 Å². The Hall–Kier alpha value is -2.47. The Balaban J connectivity index is 2.05. The second kappa shape index (κ2) is 6.34. The summed E-state index contributed by atoms with van der Waals surface area (Å²) in [4.78, 5) is 11.5. The van der Waals surface area contributed by atoms with Crippen molar-refractivity contribution in [2.75, 3.05) is 0 Å². The van der Waals surface area contributed by atoms with Crippen LogP contribution in [0.15, 0.2) is 53.0 Å². The zero-order valence-corrected chi connectivity index (χ0v) is 14.0. The number of halogens is 1. The average molecular weight is 372 g/mol. The Morgan fingerprint density at radius 1 is 1.13 bits per heavy atom. The summed E-state index contributed by atoms with van der Waals surface area (Å²) in [5, 5.41) is 17.2. The van der Waals surface area contributed by atoms with Crippen molar-refractivity contribution in [1.29, 1.82) is 0 Å². The lowest BCUT2D eigenvalue weighted by Gasteiger charge is -2.08. The standard InChI is InChI=1S/C17H14BrN3O2/c1-11-2-6-13(7-3-11)16-15(17(22)23)19-20-21(16)10-12-4-8-14(18)9-5-12/h2-9H,10H2,1H3,(H,22,23). The van der Waals surface area contributed by atoms with Gasteiger partial charge >= 0.3 is 5.97 Å². The van der Waals surface area contributed by atoms with Gasteiger partial charge in [-0.15, -0.1) is 5.10 Å². The van der Waals surface area contributed by atoms with Gasteiger partial charge in [-0.1, -0.05) is 63.1 Å². The average Bonchev–Trinajstić information content (AvgIpc) is 2.94. The molecule has 0 saturated heterocycles. The van der Waals surface area contributed by atoms with Crippen LogP contribution in [-0.4, -0.2) is 26.1 Å². The molecule has 1 heterocycles. The number of aromatic carboxylic acids is 1. The van der Waals surface area contributed by atoms with E-state index in [4.69, 9.17) is 0 Å². The van der Waals surface area contributed by atoms with E-state index >= 15 is 0 Å². The van der Waals surface area contributed by atoms with Gasteiger partial charge in [0.15, 0.2) is 5.69 Å². The second-order valence-electron chi connectivity index (χ2n) is 5.24. The third-order valence-electron chi connectivity index (χ3n) is 3.51. The van der Waals surface area contributed by atoms with E-state index in [2.05, 4.69) is 26.2 Å². The van der Waals surface area contributed by atoms with Crippen molar-refractivity contribution in [3.05, 3.63) is 69.8 Å². The molecule has 23 heavy (non-hydrogen) atoms. The molecule has 116 valence electrons. The molecule has 0 atom stereocenters. The number of carboxylic acid groups (broad SMARTS) is 1. The summed E-state index contributed by atoms with van der Waals surface area (Å²) in [6.45, 7) is 2.44. The normalized spacial score (nSPS) is 10.7. The minimum absolute atomic E-state index is 0.0361. The van der Waals surface area contributed by atoms with E-state index in [1.807, 2.05) is 55.5 Å². The minimum Gasteiger partial charge on any atom is -0.476 e. The first-order chi connectivity index (χ1) is 11.0. The second-order valence-corrected chi connectivity index (χ2v) is 6.16. The van der Waals surface area contributed by atoms with Crippen molar-refractivity contribution in [2.24, 2.45) is 0 Å². The molecule has 0 aliphatic rings. The van der Waals surface area contributed by atoms with E-state index in [1.165, 1.54) is 0 Å². The maximum atomic E-state index is 11.5. The smallest absolute Gasteiger partial charge is 0.358 e. The van der Waals surface area contributed by atoms with E-state index in [1.54, 1.807) is 4.68 Å². The first kappa shape index (κ1) is 15.4. The zero-order valence-electron chi connectivity index (χ0n) is 12.4. The Kier molecular flexibility index (Phi) is 4.25. The lowest BCUT2D eigenvalue weighted by Crippen LogP contribution is -2.06. The fraction of sp³-hybridized carbons (Fsp3) is 0.118. The number of carboxylic acids is 1. The van der Waals surface area contributed by atoms with Crippen LogP contribution in [0, 0.1) is 6.92 Å². The van der Waals surface area contributed by atoms with Crippen molar-refractivity contribution in [1.82, 2.24) is 15.0 Å². The van der Waals surface area contributed by atoms with Crippen molar-refractivity contribution < 1.29 is 9.90 Å². The molecule has 0 radical (unpaired) electrons. The van der Waals surface area contributed by atoms with Crippen LogP contribution in [0.25, 0.3) is 11.3 Å². The summed E-state index contributed by atoms with van der Waals surface area (Å²) in [7, 11) is 0. The highest BCUT2D eigenvalue weighted by atomic mass is 79.9. The predicted molar refractivity (Wildman–Crippen MR) is 90.4 cm³/mol. The molecule has 3 rings (SSSR count).